The Hall–Kier alpha value is -0.590. The second kappa shape index (κ2) is 18.2. The zero-order valence-corrected chi connectivity index (χ0v) is 16.9. The Morgan fingerprint density at radius 3 is 1.04 bits per heavy atom. The second-order valence-electron chi connectivity index (χ2n) is 8.10. The number of carbonyl (C=O) groups is 1. The monoisotopic (exact) mass is 348 g/mol. The van der Waals surface area contributed by atoms with E-state index >= 15 is 0 Å². The van der Waals surface area contributed by atoms with Crippen LogP contribution in [0.15, 0.2) is 12.2 Å². The van der Waals surface area contributed by atoms with E-state index in [-0.39, 0.29) is 0 Å². The predicted octanol–water partition coefficient (Wildman–Crippen LogP) is 8.32. The lowest BCUT2D eigenvalue weighted by molar-refractivity contribution is -0.119. The van der Waals surface area contributed by atoms with Gasteiger partial charge in [-0.1, -0.05) is 95.6 Å². The van der Waals surface area contributed by atoms with Crippen molar-refractivity contribution < 1.29 is 4.79 Å². The maximum atomic E-state index is 11.9. The number of carbonyl (C=O) groups excluding carboxylic acids is 1. The first-order valence-corrected chi connectivity index (χ1v) is 11.6. The van der Waals surface area contributed by atoms with Gasteiger partial charge in [0.25, 0.3) is 0 Å². The summed E-state index contributed by atoms with van der Waals surface area (Å²) < 4.78 is 0. The molecular weight excluding hydrogens is 304 g/mol. The lowest BCUT2D eigenvalue weighted by atomic mass is 10.0. The summed E-state index contributed by atoms with van der Waals surface area (Å²) in [6.45, 7) is 0. The van der Waals surface area contributed by atoms with E-state index in [1.165, 1.54) is 109 Å². The number of hydrogen-bond acceptors (Lipinski definition) is 1. The molecule has 0 spiro atoms. The first-order valence-electron chi connectivity index (χ1n) is 11.6. The van der Waals surface area contributed by atoms with Crippen LogP contribution in [0, 0.1) is 0 Å². The highest BCUT2D eigenvalue weighted by molar-refractivity contribution is 5.78. The number of ketones is 1. The fraction of sp³-hybridized carbons (Fsp3) is 0.875. The van der Waals surface area contributed by atoms with Gasteiger partial charge in [0.1, 0.15) is 5.78 Å². The molecule has 0 radical (unpaired) electrons. The van der Waals surface area contributed by atoms with Crippen LogP contribution in [0.1, 0.15) is 135 Å². The van der Waals surface area contributed by atoms with E-state index in [1.54, 1.807) is 0 Å². The van der Waals surface area contributed by atoms with Crippen LogP contribution in [0.5, 0.6) is 0 Å². The lowest BCUT2D eigenvalue weighted by Crippen LogP contribution is -1.97. The Bertz CT molecular complexity index is 318. The SMILES string of the molecule is O=C1CCCCCCCCCC/C=C\CCCCCCCCCCC1. The zero-order valence-electron chi connectivity index (χ0n) is 16.9. The van der Waals surface area contributed by atoms with E-state index in [2.05, 4.69) is 12.2 Å². The summed E-state index contributed by atoms with van der Waals surface area (Å²) in [5.41, 5.74) is 0. The standard InChI is InChI=1S/C24H44O/c25-24-22-20-18-16-14-12-10-8-6-4-2-1-3-5-7-9-11-13-15-17-19-21-23-24/h1-2H,3-23H2/b2-1-. The first-order chi connectivity index (χ1) is 12.4. The van der Waals surface area contributed by atoms with Gasteiger partial charge >= 0.3 is 0 Å². The Morgan fingerprint density at radius 2 is 0.680 bits per heavy atom. The summed E-state index contributed by atoms with van der Waals surface area (Å²) >= 11 is 0. The molecule has 0 amide bonds. The fourth-order valence-electron chi connectivity index (χ4n) is 3.83. The Morgan fingerprint density at radius 1 is 0.400 bits per heavy atom. The number of allylic oxidation sites excluding steroid dienone is 2. The van der Waals surface area contributed by atoms with Crippen LogP contribution in [-0.4, -0.2) is 5.78 Å². The maximum absolute atomic E-state index is 11.9. The van der Waals surface area contributed by atoms with Crippen molar-refractivity contribution in [3.63, 3.8) is 0 Å². The van der Waals surface area contributed by atoms with Crippen molar-refractivity contribution in [3.8, 4) is 0 Å². The van der Waals surface area contributed by atoms with Crippen molar-refractivity contribution in [2.24, 2.45) is 0 Å². The van der Waals surface area contributed by atoms with Crippen LogP contribution < -0.4 is 0 Å². The van der Waals surface area contributed by atoms with Crippen molar-refractivity contribution in [1.82, 2.24) is 0 Å². The molecule has 0 atom stereocenters. The largest absolute Gasteiger partial charge is 0.300 e. The van der Waals surface area contributed by atoms with Crippen molar-refractivity contribution in [2.45, 2.75) is 135 Å². The van der Waals surface area contributed by atoms with E-state index in [0.717, 1.165) is 25.7 Å². The van der Waals surface area contributed by atoms with Gasteiger partial charge in [-0.2, -0.15) is 0 Å². The minimum atomic E-state index is 0.516. The normalized spacial score (nSPS) is 24.2. The minimum Gasteiger partial charge on any atom is -0.300 e. The molecule has 0 unspecified atom stereocenters. The number of hydrogen-bond donors (Lipinski definition) is 0. The van der Waals surface area contributed by atoms with Gasteiger partial charge in [0.2, 0.25) is 0 Å². The smallest absolute Gasteiger partial charge is 0.132 e. The fourth-order valence-corrected chi connectivity index (χ4v) is 3.83. The van der Waals surface area contributed by atoms with Crippen LogP contribution in [0.3, 0.4) is 0 Å². The van der Waals surface area contributed by atoms with E-state index < -0.39 is 0 Å². The molecule has 1 aliphatic carbocycles. The highest BCUT2D eigenvalue weighted by Gasteiger charge is 2.02. The Kier molecular flexibility index (Phi) is 16.4. The van der Waals surface area contributed by atoms with E-state index in [4.69, 9.17) is 0 Å². The Labute approximate surface area is 158 Å². The van der Waals surface area contributed by atoms with Crippen LogP contribution in [0.25, 0.3) is 0 Å². The number of rotatable bonds is 0. The van der Waals surface area contributed by atoms with Crippen LogP contribution in [-0.2, 0) is 4.79 Å². The lowest BCUT2D eigenvalue weighted by Gasteiger charge is -2.04. The van der Waals surface area contributed by atoms with E-state index in [1.807, 2.05) is 0 Å². The molecule has 146 valence electrons. The molecule has 0 fully saturated rings. The molecule has 0 saturated heterocycles. The van der Waals surface area contributed by atoms with Crippen LogP contribution >= 0.6 is 0 Å². The summed E-state index contributed by atoms with van der Waals surface area (Å²) in [4.78, 5) is 11.9. The Balaban J connectivity index is 2.12. The predicted molar refractivity (Wildman–Crippen MR) is 111 cm³/mol. The van der Waals surface area contributed by atoms with Gasteiger partial charge in [-0.3, -0.25) is 4.79 Å². The molecule has 25 heavy (non-hydrogen) atoms. The summed E-state index contributed by atoms with van der Waals surface area (Å²) in [7, 11) is 0. The number of Topliss-reactive ketones (excluding diaryl/α,β-unsaturated/α-hetero) is 1. The molecule has 0 heterocycles. The van der Waals surface area contributed by atoms with Gasteiger partial charge < -0.3 is 0 Å². The topological polar surface area (TPSA) is 17.1 Å². The van der Waals surface area contributed by atoms with Gasteiger partial charge in [-0.05, 0) is 38.5 Å². The first kappa shape index (κ1) is 22.5. The maximum Gasteiger partial charge on any atom is 0.132 e. The molecule has 0 bridgehead atoms. The van der Waals surface area contributed by atoms with Crippen LogP contribution in [0.2, 0.25) is 0 Å². The molecule has 1 rings (SSSR count). The van der Waals surface area contributed by atoms with Gasteiger partial charge in [-0.25, -0.2) is 0 Å². The molecule has 0 aromatic heterocycles. The molecule has 1 aliphatic rings. The van der Waals surface area contributed by atoms with E-state index in [9.17, 15) is 4.79 Å². The average Bonchev–Trinajstić information content (AvgIpc) is 2.61. The van der Waals surface area contributed by atoms with Crippen molar-refractivity contribution >= 4 is 5.78 Å². The van der Waals surface area contributed by atoms with Gasteiger partial charge in [-0.15, -0.1) is 0 Å². The molecule has 0 aliphatic heterocycles. The minimum absolute atomic E-state index is 0.516. The van der Waals surface area contributed by atoms with Crippen molar-refractivity contribution in [2.75, 3.05) is 0 Å². The molecule has 0 aromatic rings. The van der Waals surface area contributed by atoms with E-state index in [0.29, 0.717) is 5.78 Å². The molecule has 0 aromatic carbocycles. The zero-order chi connectivity index (χ0) is 17.8. The third-order valence-electron chi connectivity index (χ3n) is 5.57. The van der Waals surface area contributed by atoms with Gasteiger partial charge in [0, 0.05) is 12.8 Å². The quantitative estimate of drug-likeness (QED) is 0.402. The van der Waals surface area contributed by atoms with Crippen LogP contribution in [0.4, 0.5) is 0 Å². The summed E-state index contributed by atoms with van der Waals surface area (Å²) in [5.74, 6) is 0.516. The second-order valence-corrected chi connectivity index (χ2v) is 8.10. The van der Waals surface area contributed by atoms with Crippen molar-refractivity contribution in [3.05, 3.63) is 12.2 Å². The molecule has 1 nitrogen and oxygen atoms in total. The third-order valence-corrected chi connectivity index (χ3v) is 5.57. The molecular formula is C24H44O. The highest BCUT2D eigenvalue weighted by Crippen LogP contribution is 2.14. The van der Waals surface area contributed by atoms with Crippen molar-refractivity contribution in [1.29, 1.82) is 0 Å². The molecule has 0 N–H and O–H groups in total. The summed E-state index contributed by atoms with van der Waals surface area (Å²) in [6, 6.07) is 0. The highest BCUT2D eigenvalue weighted by atomic mass is 16.1. The van der Waals surface area contributed by atoms with Gasteiger partial charge in [0.05, 0.1) is 0 Å². The summed E-state index contributed by atoms with van der Waals surface area (Å²) in [5, 5.41) is 0. The third kappa shape index (κ3) is 16.6. The average molecular weight is 349 g/mol. The molecule has 1 heteroatoms. The van der Waals surface area contributed by atoms with Gasteiger partial charge in [0.15, 0.2) is 0 Å². The molecule has 0 saturated carbocycles. The summed E-state index contributed by atoms with van der Waals surface area (Å²) in [6.07, 6.45) is 31.8.